The molecule has 0 aliphatic carbocycles. The van der Waals surface area contributed by atoms with Crippen LogP contribution in [0.1, 0.15) is 26.7 Å². The van der Waals surface area contributed by atoms with Gasteiger partial charge in [-0.15, -0.1) is 5.10 Å². The van der Waals surface area contributed by atoms with Crippen molar-refractivity contribution in [1.29, 1.82) is 0 Å². The molecule has 0 saturated heterocycles. The molecule has 2 aromatic heterocycles. The molecule has 18 heavy (non-hydrogen) atoms. The number of tetrazole rings is 1. The van der Waals surface area contributed by atoms with Crippen molar-refractivity contribution in [1.82, 2.24) is 20.2 Å². The molecule has 96 valence electrons. The quantitative estimate of drug-likeness (QED) is 0.864. The van der Waals surface area contributed by atoms with Crippen molar-refractivity contribution in [2.24, 2.45) is 0 Å². The van der Waals surface area contributed by atoms with Crippen molar-refractivity contribution in [3.05, 3.63) is 18.4 Å². The third kappa shape index (κ3) is 1.68. The number of aliphatic carboxylic acids is 1. The molecule has 2 rings (SSSR count). The summed E-state index contributed by atoms with van der Waals surface area (Å²) < 4.78 is 6.55. The highest BCUT2D eigenvalue weighted by molar-refractivity contribution is 5.77. The number of carbonyl (C=O) groups is 1. The van der Waals surface area contributed by atoms with Crippen LogP contribution in [0, 0.1) is 0 Å². The van der Waals surface area contributed by atoms with E-state index in [-0.39, 0.29) is 0 Å². The van der Waals surface area contributed by atoms with E-state index in [1.54, 1.807) is 26.0 Å². The second-order valence-electron chi connectivity index (χ2n) is 3.94. The topological polar surface area (TPSA) is 94.0 Å². The minimum Gasteiger partial charge on any atom is -0.479 e. The van der Waals surface area contributed by atoms with Gasteiger partial charge in [-0.05, 0) is 35.4 Å². The van der Waals surface area contributed by atoms with Gasteiger partial charge < -0.3 is 9.52 Å². The Morgan fingerprint density at radius 1 is 1.50 bits per heavy atom. The summed E-state index contributed by atoms with van der Waals surface area (Å²) in [6.45, 7) is 3.59. The van der Waals surface area contributed by atoms with Gasteiger partial charge in [0.1, 0.15) is 0 Å². The van der Waals surface area contributed by atoms with E-state index in [1.165, 1.54) is 10.9 Å². The highest BCUT2D eigenvalue weighted by Crippen LogP contribution is 2.29. The standard InChI is InChI=1S/C11H14N4O3/c1-3-11(4-2,10(16)17)15-9(12-13-14-15)8-6-5-7-18-8/h5-7H,3-4H2,1-2H3,(H,16,17). The molecule has 0 bridgehead atoms. The summed E-state index contributed by atoms with van der Waals surface area (Å²) in [4.78, 5) is 11.6. The van der Waals surface area contributed by atoms with Crippen LogP contribution in [-0.4, -0.2) is 31.3 Å². The molecule has 7 nitrogen and oxygen atoms in total. The SMILES string of the molecule is CCC(CC)(C(=O)O)n1nnnc1-c1ccco1. The molecule has 0 atom stereocenters. The van der Waals surface area contributed by atoms with Crippen molar-refractivity contribution in [2.75, 3.05) is 0 Å². The molecule has 0 aliphatic heterocycles. The van der Waals surface area contributed by atoms with Crippen LogP contribution in [0.25, 0.3) is 11.6 Å². The highest BCUT2D eigenvalue weighted by Gasteiger charge is 2.41. The lowest BCUT2D eigenvalue weighted by atomic mass is 9.93. The van der Waals surface area contributed by atoms with Gasteiger partial charge in [0.2, 0.25) is 5.82 Å². The molecule has 2 aromatic rings. The molecule has 0 saturated carbocycles. The van der Waals surface area contributed by atoms with Crippen LogP contribution >= 0.6 is 0 Å². The lowest BCUT2D eigenvalue weighted by Crippen LogP contribution is -2.42. The Hall–Kier alpha value is -2.18. The Kier molecular flexibility index (Phi) is 3.14. The Morgan fingerprint density at radius 2 is 2.22 bits per heavy atom. The monoisotopic (exact) mass is 250 g/mol. The van der Waals surface area contributed by atoms with Gasteiger partial charge in [-0.25, -0.2) is 9.48 Å². The first-order chi connectivity index (χ1) is 8.65. The van der Waals surface area contributed by atoms with Gasteiger partial charge in [-0.1, -0.05) is 13.8 Å². The fourth-order valence-corrected chi connectivity index (χ4v) is 1.98. The summed E-state index contributed by atoms with van der Waals surface area (Å²) in [7, 11) is 0. The molecule has 1 N–H and O–H groups in total. The van der Waals surface area contributed by atoms with E-state index in [1.807, 2.05) is 0 Å². The summed E-state index contributed by atoms with van der Waals surface area (Å²) in [5.41, 5.74) is -1.15. The lowest BCUT2D eigenvalue weighted by Gasteiger charge is -2.26. The lowest BCUT2D eigenvalue weighted by molar-refractivity contribution is -0.148. The van der Waals surface area contributed by atoms with Crippen molar-refractivity contribution in [2.45, 2.75) is 32.2 Å². The van der Waals surface area contributed by atoms with Gasteiger partial charge in [0.15, 0.2) is 11.3 Å². The number of aromatic nitrogens is 4. The number of rotatable bonds is 5. The maximum atomic E-state index is 11.6. The predicted octanol–water partition coefficient (Wildman–Crippen LogP) is 1.53. The van der Waals surface area contributed by atoms with Gasteiger partial charge in [0, 0.05) is 0 Å². The molecule has 0 fully saturated rings. The van der Waals surface area contributed by atoms with E-state index < -0.39 is 11.5 Å². The van der Waals surface area contributed by atoms with E-state index in [2.05, 4.69) is 15.5 Å². The minimum absolute atomic E-state index is 0.325. The zero-order valence-electron chi connectivity index (χ0n) is 10.2. The van der Waals surface area contributed by atoms with Crippen molar-refractivity contribution in [3.63, 3.8) is 0 Å². The average Bonchev–Trinajstić information content (AvgIpc) is 3.01. The van der Waals surface area contributed by atoms with E-state index in [9.17, 15) is 9.90 Å². The Bertz CT molecular complexity index is 528. The van der Waals surface area contributed by atoms with Crippen LogP contribution in [0.15, 0.2) is 22.8 Å². The number of furan rings is 1. The van der Waals surface area contributed by atoms with Crippen LogP contribution in [-0.2, 0) is 10.3 Å². The zero-order valence-corrected chi connectivity index (χ0v) is 10.2. The number of carboxylic acid groups (broad SMARTS) is 1. The van der Waals surface area contributed by atoms with Gasteiger partial charge in [0.05, 0.1) is 6.26 Å². The first-order valence-corrected chi connectivity index (χ1v) is 5.72. The molecule has 7 heteroatoms. The molecule has 0 amide bonds. The van der Waals surface area contributed by atoms with Crippen LogP contribution in [0.5, 0.6) is 0 Å². The normalized spacial score (nSPS) is 11.7. The third-order valence-corrected chi connectivity index (χ3v) is 3.18. The highest BCUT2D eigenvalue weighted by atomic mass is 16.4. The smallest absolute Gasteiger partial charge is 0.331 e. The van der Waals surface area contributed by atoms with Crippen molar-refractivity contribution >= 4 is 5.97 Å². The molecular weight excluding hydrogens is 236 g/mol. The Morgan fingerprint density at radius 3 is 2.72 bits per heavy atom. The number of carboxylic acids is 1. The van der Waals surface area contributed by atoms with Crippen LogP contribution in [0.2, 0.25) is 0 Å². The average molecular weight is 250 g/mol. The first-order valence-electron chi connectivity index (χ1n) is 5.72. The summed E-state index contributed by atoms with van der Waals surface area (Å²) >= 11 is 0. The first kappa shape index (κ1) is 12.3. The Labute approximate surface area is 103 Å². The summed E-state index contributed by atoms with van der Waals surface area (Å²) in [5.74, 6) is -0.175. The van der Waals surface area contributed by atoms with E-state index in [0.717, 1.165) is 0 Å². The molecule has 0 spiro atoms. The van der Waals surface area contributed by atoms with Gasteiger partial charge in [0.25, 0.3) is 0 Å². The fraction of sp³-hybridized carbons (Fsp3) is 0.455. The second kappa shape index (κ2) is 4.59. The van der Waals surface area contributed by atoms with E-state index >= 15 is 0 Å². The number of nitrogens with zero attached hydrogens (tertiary/aromatic N) is 4. The zero-order chi connectivity index (χ0) is 13.2. The molecule has 0 unspecified atom stereocenters. The summed E-state index contributed by atoms with van der Waals surface area (Å²) in [6.07, 6.45) is 2.27. The molecule has 0 aromatic carbocycles. The minimum atomic E-state index is -1.15. The fourth-order valence-electron chi connectivity index (χ4n) is 1.98. The second-order valence-corrected chi connectivity index (χ2v) is 3.94. The summed E-state index contributed by atoms with van der Waals surface area (Å²) in [6, 6.07) is 3.40. The van der Waals surface area contributed by atoms with Gasteiger partial charge >= 0.3 is 5.97 Å². The number of hydrogen-bond donors (Lipinski definition) is 1. The summed E-state index contributed by atoms with van der Waals surface area (Å²) in [5, 5.41) is 20.7. The number of hydrogen-bond acceptors (Lipinski definition) is 5. The molecular formula is C11H14N4O3. The van der Waals surface area contributed by atoms with Crippen LogP contribution < -0.4 is 0 Å². The largest absolute Gasteiger partial charge is 0.479 e. The van der Waals surface area contributed by atoms with Crippen LogP contribution in [0.4, 0.5) is 0 Å². The van der Waals surface area contributed by atoms with Crippen molar-refractivity contribution in [3.8, 4) is 11.6 Å². The molecule has 2 heterocycles. The van der Waals surface area contributed by atoms with E-state index in [0.29, 0.717) is 24.4 Å². The molecule has 0 radical (unpaired) electrons. The van der Waals surface area contributed by atoms with E-state index in [4.69, 9.17) is 4.42 Å². The van der Waals surface area contributed by atoms with Gasteiger partial charge in [-0.2, -0.15) is 0 Å². The maximum absolute atomic E-state index is 11.6. The maximum Gasteiger partial charge on any atom is 0.331 e. The van der Waals surface area contributed by atoms with Gasteiger partial charge in [-0.3, -0.25) is 0 Å². The molecule has 0 aliphatic rings. The Balaban J connectivity index is 2.57. The third-order valence-electron chi connectivity index (χ3n) is 3.18. The van der Waals surface area contributed by atoms with Crippen LogP contribution in [0.3, 0.4) is 0 Å². The predicted molar refractivity (Wildman–Crippen MR) is 61.7 cm³/mol. The van der Waals surface area contributed by atoms with Crippen molar-refractivity contribution < 1.29 is 14.3 Å².